The first-order valence-electron chi connectivity index (χ1n) is 11.1. The second kappa shape index (κ2) is 12.4. The molecule has 0 aliphatic carbocycles. The fourth-order valence-electron chi connectivity index (χ4n) is 3.31. The minimum absolute atomic E-state index is 0.262. The molecule has 2 amide bonds. The molecule has 0 atom stereocenters. The molecule has 0 unspecified atom stereocenters. The van der Waals surface area contributed by atoms with Crippen LogP contribution in [0.25, 0.3) is 6.08 Å². The summed E-state index contributed by atoms with van der Waals surface area (Å²) in [5, 5.41) is 1.12. The Hall–Kier alpha value is -2.36. The number of hydrogen-bond donors (Lipinski definition) is 1. The Labute approximate surface area is 218 Å². The predicted octanol–water partition coefficient (Wildman–Crippen LogP) is 6.27. The molecule has 0 radical (unpaired) electrons. The van der Waals surface area contributed by atoms with Crippen molar-refractivity contribution in [1.82, 2.24) is 10.4 Å². The van der Waals surface area contributed by atoms with Crippen LogP contribution in [0.2, 0.25) is 0 Å². The number of thiocarbonyl (C=S) groups is 1. The van der Waals surface area contributed by atoms with E-state index in [-0.39, 0.29) is 16.1 Å². The third-order valence-corrected chi connectivity index (χ3v) is 6.91. The molecular weight excluding hydrogens is 536 g/mol. The zero-order valence-electron chi connectivity index (χ0n) is 19.4. The molecule has 3 rings (SSSR count). The molecule has 180 valence electrons. The van der Waals surface area contributed by atoms with Gasteiger partial charge in [0.15, 0.2) is 15.8 Å². The highest BCUT2D eigenvalue weighted by Gasteiger charge is 2.34. The van der Waals surface area contributed by atoms with E-state index >= 15 is 0 Å². The van der Waals surface area contributed by atoms with Gasteiger partial charge in [0.25, 0.3) is 11.8 Å². The van der Waals surface area contributed by atoms with E-state index in [4.69, 9.17) is 21.7 Å². The number of nitrogens with one attached hydrogen (secondary N) is 1. The molecular formula is C25H27BrN2O4S2. The van der Waals surface area contributed by atoms with Gasteiger partial charge < -0.3 is 9.47 Å². The lowest BCUT2D eigenvalue weighted by atomic mass is 10.1. The first-order chi connectivity index (χ1) is 16.3. The van der Waals surface area contributed by atoms with Crippen molar-refractivity contribution in [3.8, 4) is 11.5 Å². The molecule has 0 saturated carbocycles. The van der Waals surface area contributed by atoms with E-state index < -0.39 is 0 Å². The van der Waals surface area contributed by atoms with Gasteiger partial charge in [-0.2, -0.15) is 5.01 Å². The number of benzene rings is 2. The van der Waals surface area contributed by atoms with Crippen molar-refractivity contribution in [3.05, 3.63) is 62.5 Å². The van der Waals surface area contributed by atoms with Crippen molar-refractivity contribution >= 4 is 62.1 Å². The average molecular weight is 564 g/mol. The lowest BCUT2D eigenvalue weighted by Crippen LogP contribution is -2.45. The standard InChI is InChI=1S/C25H27BrN2O4S2/c1-4-6-9-12-32-22-19(26)13-17(14-20(22)31-5-2)15-21-24(30)28(25(33)34-21)27-23(29)18-11-8-7-10-16(18)3/h7-8,10-11,13-15H,4-6,9,12H2,1-3H3,(H,27,29)/b21-15-. The molecule has 1 heterocycles. The monoisotopic (exact) mass is 562 g/mol. The number of ether oxygens (including phenoxy) is 2. The maximum absolute atomic E-state index is 13.0. The van der Waals surface area contributed by atoms with Gasteiger partial charge in [0.1, 0.15) is 0 Å². The second-order valence-electron chi connectivity index (χ2n) is 7.59. The van der Waals surface area contributed by atoms with E-state index in [1.54, 1.807) is 18.2 Å². The van der Waals surface area contributed by atoms with Crippen molar-refractivity contribution in [2.75, 3.05) is 13.2 Å². The van der Waals surface area contributed by atoms with Gasteiger partial charge in [-0.15, -0.1) is 0 Å². The number of thioether (sulfide) groups is 1. The summed E-state index contributed by atoms with van der Waals surface area (Å²) in [4.78, 5) is 26.1. The minimum Gasteiger partial charge on any atom is -0.490 e. The van der Waals surface area contributed by atoms with E-state index in [1.807, 2.05) is 38.1 Å². The van der Waals surface area contributed by atoms with Crippen LogP contribution in [0.15, 0.2) is 45.8 Å². The van der Waals surface area contributed by atoms with Gasteiger partial charge >= 0.3 is 0 Å². The molecule has 1 aliphatic rings. The summed E-state index contributed by atoms with van der Waals surface area (Å²) in [6, 6.07) is 10.9. The summed E-state index contributed by atoms with van der Waals surface area (Å²) in [7, 11) is 0. The predicted molar refractivity (Wildman–Crippen MR) is 144 cm³/mol. The number of hydrogen-bond acceptors (Lipinski definition) is 6. The average Bonchev–Trinajstić information content (AvgIpc) is 3.05. The van der Waals surface area contributed by atoms with Crippen molar-refractivity contribution < 1.29 is 19.1 Å². The Morgan fingerprint density at radius 3 is 2.68 bits per heavy atom. The number of carbonyl (C=O) groups is 2. The molecule has 1 fully saturated rings. The first-order valence-corrected chi connectivity index (χ1v) is 13.1. The van der Waals surface area contributed by atoms with Gasteiger partial charge in [0.2, 0.25) is 0 Å². The molecule has 1 N–H and O–H groups in total. The fourth-order valence-corrected chi connectivity index (χ4v) is 5.06. The molecule has 0 spiro atoms. The maximum Gasteiger partial charge on any atom is 0.285 e. The normalized spacial score (nSPS) is 14.6. The van der Waals surface area contributed by atoms with Crippen LogP contribution in [-0.2, 0) is 4.79 Å². The van der Waals surface area contributed by atoms with Crippen LogP contribution in [-0.4, -0.2) is 34.4 Å². The van der Waals surface area contributed by atoms with Gasteiger partial charge in [0.05, 0.1) is 22.6 Å². The van der Waals surface area contributed by atoms with E-state index in [2.05, 4.69) is 28.3 Å². The molecule has 1 saturated heterocycles. The summed E-state index contributed by atoms with van der Waals surface area (Å²) < 4.78 is 12.8. The zero-order chi connectivity index (χ0) is 24.7. The highest BCUT2D eigenvalue weighted by molar-refractivity contribution is 9.10. The van der Waals surface area contributed by atoms with Gasteiger partial charge in [-0.25, -0.2) is 0 Å². The summed E-state index contributed by atoms with van der Waals surface area (Å²) >= 11 is 10.1. The number of amides is 2. The molecule has 6 nitrogen and oxygen atoms in total. The van der Waals surface area contributed by atoms with Crippen molar-refractivity contribution in [1.29, 1.82) is 0 Å². The summed E-state index contributed by atoms with van der Waals surface area (Å²) in [5.74, 6) is 0.476. The summed E-state index contributed by atoms with van der Waals surface area (Å²) in [6.07, 6.45) is 4.91. The Morgan fingerprint density at radius 1 is 1.21 bits per heavy atom. The summed E-state index contributed by atoms with van der Waals surface area (Å²) in [5.41, 5.74) is 4.67. The SMILES string of the molecule is CCCCCOc1c(Br)cc(/C=C2\SC(=S)N(NC(=O)c3ccccc3C)C2=O)cc1OCC. The number of carbonyl (C=O) groups excluding carboxylic acids is 2. The first kappa shape index (κ1) is 26.2. The maximum atomic E-state index is 13.0. The van der Waals surface area contributed by atoms with E-state index in [0.717, 1.165) is 51.6 Å². The highest BCUT2D eigenvalue weighted by Crippen LogP contribution is 2.39. The molecule has 9 heteroatoms. The van der Waals surface area contributed by atoms with Crippen LogP contribution < -0.4 is 14.9 Å². The van der Waals surface area contributed by atoms with Crippen molar-refractivity contribution in [2.45, 2.75) is 40.0 Å². The second-order valence-corrected chi connectivity index (χ2v) is 10.1. The van der Waals surface area contributed by atoms with Crippen molar-refractivity contribution in [2.24, 2.45) is 0 Å². The van der Waals surface area contributed by atoms with Crippen LogP contribution in [0.1, 0.15) is 54.6 Å². The van der Waals surface area contributed by atoms with Crippen LogP contribution in [0, 0.1) is 6.92 Å². The van der Waals surface area contributed by atoms with Gasteiger partial charge in [0, 0.05) is 5.56 Å². The third kappa shape index (κ3) is 6.40. The number of nitrogens with zero attached hydrogens (tertiary/aromatic N) is 1. The largest absolute Gasteiger partial charge is 0.490 e. The van der Waals surface area contributed by atoms with E-state index in [9.17, 15) is 9.59 Å². The van der Waals surface area contributed by atoms with Crippen LogP contribution in [0.3, 0.4) is 0 Å². The highest BCUT2D eigenvalue weighted by atomic mass is 79.9. The van der Waals surface area contributed by atoms with Gasteiger partial charge in [-0.1, -0.05) is 49.7 Å². The Morgan fingerprint density at radius 2 is 1.97 bits per heavy atom. The minimum atomic E-state index is -0.387. The van der Waals surface area contributed by atoms with Gasteiger partial charge in [-0.3, -0.25) is 15.0 Å². The van der Waals surface area contributed by atoms with Crippen LogP contribution in [0.4, 0.5) is 0 Å². The van der Waals surface area contributed by atoms with E-state index in [0.29, 0.717) is 35.2 Å². The summed E-state index contributed by atoms with van der Waals surface area (Å²) in [6.45, 7) is 6.97. The quantitative estimate of drug-likeness (QED) is 0.209. The van der Waals surface area contributed by atoms with E-state index in [1.165, 1.54) is 0 Å². The number of halogens is 1. The van der Waals surface area contributed by atoms with Crippen LogP contribution in [0.5, 0.6) is 11.5 Å². The smallest absolute Gasteiger partial charge is 0.285 e. The molecule has 2 aromatic rings. The molecule has 0 aromatic heterocycles. The van der Waals surface area contributed by atoms with Crippen molar-refractivity contribution in [3.63, 3.8) is 0 Å². The van der Waals surface area contributed by atoms with Crippen LogP contribution >= 0.6 is 39.9 Å². The molecule has 0 bridgehead atoms. The number of rotatable bonds is 10. The fraction of sp³-hybridized carbons (Fsp3) is 0.320. The van der Waals surface area contributed by atoms with Gasteiger partial charge in [-0.05, 0) is 83.8 Å². The lowest BCUT2D eigenvalue weighted by Gasteiger charge is -2.16. The molecule has 2 aromatic carbocycles. The third-order valence-electron chi connectivity index (χ3n) is 5.02. The number of hydrazine groups is 1. The Bertz CT molecular complexity index is 1120. The Balaban J connectivity index is 1.79. The number of unbranched alkanes of at least 4 members (excludes halogenated alkanes) is 2. The number of aryl methyl sites for hydroxylation is 1. The Kier molecular flexibility index (Phi) is 9.55. The molecule has 1 aliphatic heterocycles. The zero-order valence-corrected chi connectivity index (χ0v) is 22.6. The molecule has 34 heavy (non-hydrogen) atoms. The topological polar surface area (TPSA) is 67.9 Å². The lowest BCUT2D eigenvalue weighted by molar-refractivity contribution is -0.123.